The lowest BCUT2D eigenvalue weighted by atomic mass is 10.1. The zero-order valence-electron chi connectivity index (χ0n) is 28.2. The minimum Gasteiger partial charge on any atom is -0.444 e. The van der Waals surface area contributed by atoms with Gasteiger partial charge >= 0.3 is 12.2 Å². The van der Waals surface area contributed by atoms with Crippen molar-refractivity contribution in [3.05, 3.63) is 42.7 Å². The molecule has 0 aliphatic heterocycles. The zero-order valence-corrected chi connectivity index (χ0v) is 29.2. The summed E-state index contributed by atoms with van der Waals surface area (Å²) in [6.45, 7) is 22.7. The quantitative estimate of drug-likeness (QED) is 0.199. The van der Waals surface area contributed by atoms with Crippen LogP contribution in [-0.2, 0) is 13.9 Å². The van der Waals surface area contributed by atoms with Crippen LogP contribution in [0.1, 0.15) is 62.3 Å². The van der Waals surface area contributed by atoms with E-state index in [4.69, 9.17) is 24.6 Å². The van der Waals surface area contributed by atoms with Crippen molar-refractivity contribution in [3.63, 3.8) is 0 Å². The van der Waals surface area contributed by atoms with E-state index in [0.717, 1.165) is 11.1 Å². The van der Waals surface area contributed by atoms with Gasteiger partial charge in [-0.1, -0.05) is 32.9 Å². The monoisotopic (exact) mass is 626 g/mol. The van der Waals surface area contributed by atoms with Gasteiger partial charge in [-0.3, -0.25) is 4.90 Å². The number of nitrogens with two attached hydrogens (primary N) is 1. The van der Waals surface area contributed by atoms with Crippen molar-refractivity contribution in [1.82, 2.24) is 19.5 Å². The molecule has 11 nitrogen and oxygen atoms in total. The number of rotatable bonds is 9. The summed E-state index contributed by atoms with van der Waals surface area (Å²) in [4.78, 5) is 34.7. The molecule has 0 atom stereocenters. The Morgan fingerprint density at radius 1 is 0.909 bits per heavy atom. The number of nitrogens with zero attached hydrogens (tertiary/aromatic N) is 5. The molecular weight excluding hydrogens is 576 g/mol. The molecule has 1 aromatic carbocycles. The summed E-state index contributed by atoms with van der Waals surface area (Å²) in [7, 11) is -2.04. The fourth-order valence-corrected chi connectivity index (χ4v) is 5.04. The van der Waals surface area contributed by atoms with Crippen molar-refractivity contribution in [1.29, 1.82) is 0 Å². The maximum absolute atomic E-state index is 13.6. The molecule has 0 unspecified atom stereocenters. The lowest BCUT2D eigenvalue weighted by Crippen LogP contribution is -2.47. The first kappa shape index (κ1) is 34.8. The Kier molecular flexibility index (Phi) is 10.4. The van der Waals surface area contributed by atoms with E-state index < -0.39 is 31.7 Å². The predicted octanol–water partition coefficient (Wildman–Crippen LogP) is 6.98. The smallest absolute Gasteiger partial charge is 0.416 e. The highest BCUT2D eigenvalue weighted by atomic mass is 28.4. The lowest BCUT2D eigenvalue weighted by molar-refractivity contribution is 0.0221. The third-order valence-corrected chi connectivity index (χ3v) is 11.9. The van der Waals surface area contributed by atoms with E-state index in [1.165, 1.54) is 4.90 Å². The molecule has 12 heteroatoms. The Bertz CT molecular complexity index is 1450. The average molecular weight is 627 g/mol. The van der Waals surface area contributed by atoms with Gasteiger partial charge in [-0.25, -0.2) is 19.1 Å². The number of aromatic nitrogens is 3. The number of amides is 2. The first-order valence-electron chi connectivity index (χ1n) is 15.0. The molecule has 0 saturated heterocycles. The number of hydrogen-bond acceptors (Lipinski definition) is 8. The van der Waals surface area contributed by atoms with Crippen LogP contribution in [-0.4, -0.2) is 77.4 Å². The SMILES string of the molecule is CC(C)(C)OC(=O)N(CCO[Si](C)(C)C(C)(C)C)CCN(C(=O)OC(C)(C)C)c1ccn2ncc(-c3cccc(N)c3)c2n1. The van der Waals surface area contributed by atoms with Gasteiger partial charge in [0.1, 0.15) is 17.0 Å². The van der Waals surface area contributed by atoms with Crippen molar-refractivity contribution >= 4 is 37.7 Å². The summed E-state index contributed by atoms with van der Waals surface area (Å²) in [5.41, 5.74) is 7.38. The largest absolute Gasteiger partial charge is 0.444 e. The number of carbonyl (C=O) groups excluding carboxylic acids is 2. The number of anilines is 2. The van der Waals surface area contributed by atoms with E-state index in [1.807, 2.05) is 45.0 Å². The molecule has 0 saturated carbocycles. The number of benzene rings is 1. The number of ether oxygens (including phenoxy) is 2. The Balaban J connectivity index is 1.94. The van der Waals surface area contributed by atoms with Crippen LogP contribution in [0, 0.1) is 0 Å². The second-order valence-corrected chi connectivity index (χ2v) is 19.3. The summed E-state index contributed by atoms with van der Waals surface area (Å²) in [6.07, 6.45) is 2.39. The second kappa shape index (κ2) is 13.2. The van der Waals surface area contributed by atoms with Crippen LogP contribution in [0.3, 0.4) is 0 Å². The standard InChI is InChI=1S/C32H50N6O5Si/c1-30(2,3)42-28(39)36(19-20-41-44(10,11)32(7,8)9)17-18-37(29(40)43-31(4,5)6)26-15-16-38-27(35-26)25(22-34-38)23-13-12-14-24(33)21-23/h12-16,21-22H,17-20,33H2,1-11H3. The molecule has 2 amide bonds. The molecule has 0 aliphatic carbocycles. The molecule has 0 bridgehead atoms. The predicted molar refractivity (Wildman–Crippen MR) is 177 cm³/mol. The molecule has 2 aromatic heterocycles. The van der Waals surface area contributed by atoms with Crippen LogP contribution in [0.2, 0.25) is 18.1 Å². The molecule has 3 rings (SSSR count). The Hall–Kier alpha value is -3.64. The van der Waals surface area contributed by atoms with Gasteiger partial charge in [0.2, 0.25) is 0 Å². The summed E-state index contributed by atoms with van der Waals surface area (Å²) in [6, 6.07) is 9.15. The van der Waals surface area contributed by atoms with Crippen LogP contribution in [0.4, 0.5) is 21.1 Å². The van der Waals surface area contributed by atoms with E-state index in [-0.39, 0.29) is 18.1 Å². The van der Waals surface area contributed by atoms with Gasteiger partial charge in [0, 0.05) is 37.1 Å². The number of fused-ring (bicyclic) bond motifs is 1. The third-order valence-electron chi connectivity index (χ3n) is 7.32. The van der Waals surface area contributed by atoms with Crippen LogP contribution < -0.4 is 10.6 Å². The van der Waals surface area contributed by atoms with Gasteiger partial charge < -0.3 is 24.5 Å². The maximum atomic E-state index is 13.6. The van der Waals surface area contributed by atoms with Crippen molar-refractivity contribution in [3.8, 4) is 11.1 Å². The van der Waals surface area contributed by atoms with E-state index in [0.29, 0.717) is 30.3 Å². The summed E-state index contributed by atoms with van der Waals surface area (Å²) < 4.78 is 19.5. The van der Waals surface area contributed by atoms with Crippen molar-refractivity contribution in [2.24, 2.45) is 0 Å². The molecule has 2 heterocycles. The number of nitrogen functional groups attached to an aromatic ring is 1. The molecule has 44 heavy (non-hydrogen) atoms. The first-order valence-corrected chi connectivity index (χ1v) is 17.9. The van der Waals surface area contributed by atoms with Crippen molar-refractivity contribution in [2.45, 2.75) is 91.6 Å². The maximum Gasteiger partial charge on any atom is 0.416 e. The Labute approximate surface area is 262 Å². The molecule has 242 valence electrons. The van der Waals surface area contributed by atoms with Crippen LogP contribution >= 0.6 is 0 Å². The molecule has 0 fully saturated rings. The summed E-state index contributed by atoms with van der Waals surface area (Å²) >= 11 is 0. The van der Waals surface area contributed by atoms with Crippen molar-refractivity contribution in [2.75, 3.05) is 36.9 Å². The van der Waals surface area contributed by atoms with E-state index in [1.54, 1.807) is 48.6 Å². The molecule has 3 aromatic rings. The fraction of sp³-hybridized carbons (Fsp3) is 0.562. The molecule has 2 N–H and O–H groups in total. The molecule has 0 spiro atoms. The van der Waals surface area contributed by atoms with E-state index in [2.05, 4.69) is 39.0 Å². The third kappa shape index (κ3) is 9.43. The normalized spacial score (nSPS) is 12.7. The minimum atomic E-state index is -2.04. The lowest BCUT2D eigenvalue weighted by Gasteiger charge is -2.37. The van der Waals surface area contributed by atoms with Crippen LogP contribution in [0.15, 0.2) is 42.7 Å². The van der Waals surface area contributed by atoms with E-state index >= 15 is 0 Å². The fourth-order valence-electron chi connectivity index (χ4n) is 4.00. The highest BCUT2D eigenvalue weighted by Crippen LogP contribution is 2.36. The topological polar surface area (TPSA) is 125 Å². The summed E-state index contributed by atoms with van der Waals surface area (Å²) in [5, 5.41) is 4.46. The average Bonchev–Trinajstić information content (AvgIpc) is 3.28. The Morgan fingerprint density at radius 2 is 1.55 bits per heavy atom. The zero-order chi connectivity index (χ0) is 33.1. The summed E-state index contributed by atoms with van der Waals surface area (Å²) in [5.74, 6) is 0.360. The van der Waals surface area contributed by atoms with Crippen LogP contribution in [0.25, 0.3) is 16.8 Å². The minimum absolute atomic E-state index is 0.0273. The molecular formula is C32H50N6O5Si. The van der Waals surface area contributed by atoms with Gasteiger partial charge in [-0.2, -0.15) is 5.10 Å². The van der Waals surface area contributed by atoms with Gasteiger partial charge in [0.05, 0.1) is 12.8 Å². The second-order valence-electron chi connectivity index (χ2n) is 14.4. The van der Waals surface area contributed by atoms with Gasteiger partial charge in [-0.15, -0.1) is 0 Å². The van der Waals surface area contributed by atoms with Crippen LogP contribution in [0.5, 0.6) is 0 Å². The van der Waals surface area contributed by atoms with E-state index in [9.17, 15) is 9.59 Å². The Morgan fingerprint density at radius 3 is 2.14 bits per heavy atom. The number of carbonyl (C=O) groups is 2. The van der Waals surface area contributed by atoms with Gasteiger partial charge in [0.25, 0.3) is 0 Å². The highest BCUT2D eigenvalue weighted by Gasteiger charge is 2.37. The first-order chi connectivity index (χ1) is 20.2. The number of hydrogen-bond donors (Lipinski definition) is 1. The van der Waals surface area contributed by atoms with Gasteiger partial charge in [-0.05, 0) is 83.4 Å². The molecule has 0 radical (unpaired) electrons. The van der Waals surface area contributed by atoms with Crippen molar-refractivity contribution < 1.29 is 23.5 Å². The molecule has 0 aliphatic rings. The highest BCUT2D eigenvalue weighted by molar-refractivity contribution is 6.74. The van der Waals surface area contributed by atoms with Gasteiger partial charge in [0.15, 0.2) is 14.0 Å².